The van der Waals surface area contributed by atoms with Gasteiger partial charge in [0.1, 0.15) is 6.04 Å². The predicted octanol–water partition coefficient (Wildman–Crippen LogP) is 3.51. The van der Waals surface area contributed by atoms with Crippen LogP contribution in [0.5, 0.6) is 0 Å². The molecule has 7 nitrogen and oxygen atoms in total. The molecule has 2 unspecified atom stereocenters. The summed E-state index contributed by atoms with van der Waals surface area (Å²) in [6.45, 7) is 4.66. The van der Waals surface area contributed by atoms with Gasteiger partial charge in [-0.2, -0.15) is 5.26 Å². The Balaban J connectivity index is 1.71. The Hall–Kier alpha value is -2.92. The predicted molar refractivity (Wildman–Crippen MR) is 128 cm³/mol. The molecular weight excluding hydrogens is 440 g/mol. The second-order valence-corrected chi connectivity index (χ2v) is 8.34. The van der Waals surface area contributed by atoms with Crippen molar-refractivity contribution in [1.29, 1.82) is 5.26 Å². The summed E-state index contributed by atoms with van der Waals surface area (Å²) in [5, 5.41) is 9.56. The van der Waals surface area contributed by atoms with Crippen LogP contribution in [-0.2, 0) is 14.3 Å². The smallest absolute Gasteiger partial charge is 0.327 e. The van der Waals surface area contributed by atoms with Crippen LogP contribution in [0.25, 0.3) is 0 Å². The first kappa shape index (κ1) is 24.7. The van der Waals surface area contributed by atoms with Gasteiger partial charge in [0.15, 0.2) is 0 Å². The van der Waals surface area contributed by atoms with Gasteiger partial charge >= 0.3 is 5.97 Å². The summed E-state index contributed by atoms with van der Waals surface area (Å²) in [5.41, 5.74) is 1.50. The molecule has 0 aliphatic carbocycles. The van der Waals surface area contributed by atoms with Crippen molar-refractivity contribution in [2.75, 3.05) is 44.7 Å². The van der Waals surface area contributed by atoms with Gasteiger partial charge in [0.25, 0.3) is 0 Å². The van der Waals surface area contributed by atoms with Crippen molar-refractivity contribution in [1.82, 2.24) is 9.80 Å². The highest BCUT2D eigenvalue weighted by Crippen LogP contribution is 2.30. The normalized spacial score (nSPS) is 16.4. The standard InChI is InChI=1S/C25H29ClN4O3/c1-19(24(31)30(14-8-13-27)20-9-4-3-5-10-20)28-15-17-29(18-16-28)23(25(32)33-2)21-11-6-7-12-22(21)26/h3-7,9-12,19,23H,8,14-18H2,1-2H3. The second-order valence-electron chi connectivity index (χ2n) is 7.93. The van der Waals surface area contributed by atoms with Gasteiger partial charge in [-0.25, -0.2) is 4.79 Å². The summed E-state index contributed by atoms with van der Waals surface area (Å²) in [4.78, 5) is 31.8. The topological polar surface area (TPSA) is 76.9 Å². The number of anilines is 1. The zero-order chi connectivity index (χ0) is 23.8. The molecule has 0 radical (unpaired) electrons. The molecule has 174 valence electrons. The van der Waals surface area contributed by atoms with E-state index in [2.05, 4.69) is 11.0 Å². The third-order valence-corrected chi connectivity index (χ3v) is 6.37. The number of piperazine rings is 1. The van der Waals surface area contributed by atoms with Gasteiger partial charge in [-0.05, 0) is 30.7 Å². The van der Waals surface area contributed by atoms with Crippen molar-refractivity contribution in [3.05, 3.63) is 65.2 Å². The van der Waals surface area contributed by atoms with Crippen LogP contribution in [0.2, 0.25) is 5.02 Å². The molecule has 8 heteroatoms. The maximum absolute atomic E-state index is 13.4. The number of esters is 1. The van der Waals surface area contributed by atoms with E-state index in [4.69, 9.17) is 21.6 Å². The van der Waals surface area contributed by atoms with E-state index < -0.39 is 6.04 Å². The first-order valence-electron chi connectivity index (χ1n) is 11.0. The van der Waals surface area contributed by atoms with Gasteiger partial charge in [-0.3, -0.25) is 14.6 Å². The Morgan fingerprint density at radius 3 is 2.27 bits per heavy atom. The van der Waals surface area contributed by atoms with Gasteiger partial charge in [-0.15, -0.1) is 0 Å². The summed E-state index contributed by atoms with van der Waals surface area (Å²) >= 11 is 6.38. The third kappa shape index (κ3) is 5.91. The summed E-state index contributed by atoms with van der Waals surface area (Å²) in [5.74, 6) is -0.395. The molecule has 1 aliphatic heterocycles. The fraction of sp³-hybridized carbons (Fsp3) is 0.400. The van der Waals surface area contributed by atoms with Gasteiger partial charge in [-0.1, -0.05) is 48.0 Å². The van der Waals surface area contributed by atoms with E-state index in [-0.39, 0.29) is 24.3 Å². The largest absolute Gasteiger partial charge is 0.468 e. The van der Waals surface area contributed by atoms with Crippen LogP contribution in [-0.4, -0.2) is 67.6 Å². The number of halogens is 1. The monoisotopic (exact) mass is 468 g/mol. The molecule has 2 atom stereocenters. The highest BCUT2D eigenvalue weighted by Gasteiger charge is 2.35. The number of rotatable bonds is 8. The second kappa shape index (κ2) is 11.8. The van der Waals surface area contributed by atoms with Gasteiger partial charge in [0.05, 0.1) is 25.6 Å². The SMILES string of the molecule is COC(=O)C(c1ccccc1Cl)N1CCN(C(C)C(=O)N(CCC#N)c2ccccc2)CC1. The molecule has 2 aromatic rings. The first-order chi connectivity index (χ1) is 16.0. The molecule has 1 aliphatic rings. The van der Waals surface area contributed by atoms with Gasteiger partial charge in [0.2, 0.25) is 5.91 Å². The number of methoxy groups -OCH3 is 1. The van der Waals surface area contributed by atoms with E-state index in [0.717, 1.165) is 11.3 Å². The fourth-order valence-corrected chi connectivity index (χ4v) is 4.42. The average Bonchev–Trinajstić information content (AvgIpc) is 2.86. The summed E-state index contributed by atoms with van der Waals surface area (Å²) < 4.78 is 5.07. The number of carbonyl (C=O) groups excluding carboxylic acids is 2. The van der Waals surface area contributed by atoms with Crippen molar-refractivity contribution < 1.29 is 14.3 Å². The highest BCUT2D eigenvalue weighted by molar-refractivity contribution is 6.31. The summed E-state index contributed by atoms with van der Waals surface area (Å²) in [6.07, 6.45) is 0.264. The lowest BCUT2D eigenvalue weighted by Crippen LogP contribution is -2.56. The molecule has 0 N–H and O–H groups in total. The van der Waals surface area contributed by atoms with Crippen LogP contribution in [0, 0.1) is 11.3 Å². The number of nitrogens with zero attached hydrogens (tertiary/aromatic N) is 4. The van der Waals surface area contributed by atoms with Crippen molar-refractivity contribution >= 4 is 29.2 Å². The van der Waals surface area contributed by atoms with Crippen LogP contribution in [0.15, 0.2) is 54.6 Å². The molecule has 1 amide bonds. The number of carbonyl (C=O) groups is 2. The molecule has 0 aromatic heterocycles. The number of ether oxygens (including phenoxy) is 1. The Labute approximate surface area is 200 Å². The van der Waals surface area contributed by atoms with Crippen molar-refractivity contribution in [2.24, 2.45) is 0 Å². The van der Waals surface area contributed by atoms with E-state index in [0.29, 0.717) is 37.7 Å². The lowest BCUT2D eigenvalue weighted by Gasteiger charge is -2.41. The number of benzene rings is 2. The van der Waals surface area contributed by atoms with Crippen LogP contribution < -0.4 is 4.90 Å². The minimum absolute atomic E-state index is 0.0412. The van der Waals surface area contributed by atoms with E-state index in [1.807, 2.05) is 60.4 Å². The van der Waals surface area contributed by atoms with Crippen molar-refractivity contribution in [3.8, 4) is 6.07 Å². The van der Waals surface area contributed by atoms with Crippen LogP contribution in [0.1, 0.15) is 24.9 Å². The van der Waals surface area contributed by atoms with Crippen LogP contribution in [0.3, 0.4) is 0 Å². The molecule has 0 saturated carbocycles. The van der Waals surface area contributed by atoms with Crippen molar-refractivity contribution in [3.63, 3.8) is 0 Å². The minimum Gasteiger partial charge on any atom is -0.468 e. The number of hydrogen-bond donors (Lipinski definition) is 0. The maximum atomic E-state index is 13.4. The highest BCUT2D eigenvalue weighted by atomic mass is 35.5. The Kier molecular flexibility index (Phi) is 8.84. The molecular formula is C25H29ClN4O3. The Morgan fingerprint density at radius 2 is 1.67 bits per heavy atom. The molecule has 0 spiro atoms. The maximum Gasteiger partial charge on any atom is 0.327 e. The molecule has 1 fully saturated rings. The molecule has 1 saturated heterocycles. The first-order valence-corrected chi connectivity index (χ1v) is 11.4. The zero-order valence-corrected chi connectivity index (χ0v) is 19.7. The zero-order valence-electron chi connectivity index (χ0n) is 19.0. The quantitative estimate of drug-likeness (QED) is 0.552. The molecule has 1 heterocycles. The van der Waals surface area contributed by atoms with Crippen LogP contribution in [0.4, 0.5) is 5.69 Å². The van der Waals surface area contributed by atoms with E-state index >= 15 is 0 Å². The summed E-state index contributed by atoms with van der Waals surface area (Å²) in [7, 11) is 1.38. The lowest BCUT2D eigenvalue weighted by molar-refractivity contribution is -0.148. The van der Waals surface area contributed by atoms with Gasteiger partial charge < -0.3 is 9.64 Å². The number of para-hydroxylation sites is 1. The van der Waals surface area contributed by atoms with Crippen LogP contribution >= 0.6 is 11.6 Å². The Bertz CT molecular complexity index is 987. The minimum atomic E-state index is -0.590. The molecule has 0 bridgehead atoms. The lowest BCUT2D eigenvalue weighted by atomic mass is 10.0. The molecule has 3 rings (SSSR count). The van der Waals surface area contributed by atoms with E-state index in [1.54, 1.807) is 11.0 Å². The number of hydrogen-bond acceptors (Lipinski definition) is 6. The summed E-state index contributed by atoms with van der Waals surface area (Å²) in [6, 6.07) is 17.9. The number of amides is 1. The molecule has 33 heavy (non-hydrogen) atoms. The third-order valence-electron chi connectivity index (χ3n) is 6.02. The van der Waals surface area contributed by atoms with E-state index in [1.165, 1.54) is 7.11 Å². The fourth-order valence-electron chi connectivity index (χ4n) is 4.18. The Morgan fingerprint density at radius 1 is 1.06 bits per heavy atom. The average molecular weight is 469 g/mol. The number of nitriles is 1. The van der Waals surface area contributed by atoms with Gasteiger partial charge in [0, 0.05) is 43.4 Å². The van der Waals surface area contributed by atoms with E-state index in [9.17, 15) is 9.59 Å². The van der Waals surface area contributed by atoms with Crippen molar-refractivity contribution in [2.45, 2.75) is 25.4 Å². The molecule has 2 aromatic carbocycles.